The van der Waals surface area contributed by atoms with Gasteiger partial charge in [0.25, 0.3) is 0 Å². The Morgan fingerprint density at radius 3 is 1.70 bits per heavy atom. The summed E-state index contributed by atoms with van der Waals surface area (Å²) < 4.78 is 10.4. The number of carbonyl (C=O) groups is 2. The molecule has 1 fully saturated rings. The second-order valence-electron chi connectivity index (χ2n) is 9.21. The minimum absolute atomic E-state index is 0.0576. The number of hydrogen-bond acceptors (Lipinski definition) is 6. The molecule has 0 unspecified atom stereocenters. The van der Waals surface area contributed by atoms with Crippen LogP contribution in [0.1, 0.15) is 30.0 Å². The first kappa shape index (κ1) is 26.7. The van der Waals surface area contributed by atoms with Crippen LogP contribution in [0.25, 0.3) is 0 Å². The van der Waals surface area contributed by atoms with Crippen molar-refractivity contribution in [1.82, 2.24) is 9.80 Å². The van der Waals surface area contributed by atoms with Gasteiger partial charge in [0.15, 0.2) is 5.78 Å². The van der Waals surface area contributed by atoms with Gasteiger partial charge in [0.05, 0.1) is 18.8 Å². The molecule has 37 heavy (non-hydrogen) atoms. The predicted molar refractivity (Wildman–Crippen MR) is 144 cm³/mol. The van der Waals surface area contributed by atoms with E-state index in [0.717, 1.165) is 32.7 Å². The molecule has 6 nitrogen and oxygen atoms in total. The van der Waals surface area contributed by atoms with Gasteiger partial charge in [0.2, 0.25) is 0 Å². The molecule has 0 aromatic heterocycles. The maximum absolute atomic E-state index is 11.9. The summed E-state index contributed by atoms with van der Waals surface area (Å²) in [7, 11) is 0. The largest absolute Gasteiger partial charge is 0.466 e. The maximum Gasteiger partial charge on any atom is 0.313 e. The van der Waals surface area contributed by atoms with Gasteiger partial charge in [-0.15, -0.1) is 0 Å². The summed E-state index contributed by atoms with van der Waals surface area (Å²) in [5, 5.41) is 0. The Morgan fingerprint density at radius 1 is 0.757 bits per heavy atom. The van der Waals surface area contributed by atoms with Crippen molar-refractivity contribution in [1.29, 1.82) is 0 Å². The molecule has 1 aliphatic heterocycles. The average molecular weight is 501 g/mol. The van der Waals surface area contributed by atoms with Gasteiger partial charge >= 0.3 is 5.97 Å². The van der Waals surface area contributed by atoms with Crippen LogP contribution in [0.15, 0.2) is 91.0 Å². The Morgan fingerprint density at radius 2 is 1.24 bits per heavy atom. The van der Waals surface area contributed by atoms with Crippen LogP contribution in [0.5, 0.6) is 0 Å². The Kier molecular flexibility index (Phi) is 9.60. The average Bonchev–Trinajstić information content (AvgIpc) is 2.94. The van der Waals surface area contributed by atoms with Crippen molar-refractivity contribution >= 4 is 11.8 Å². The van der Waals surface area contributed by atoms with Gasteiger partial charge < -0.3 is 9.47 Å². The van der Waals surface area contributed by atoms with Gasteiger partial charge in [-0.05, 0) is 23.6 Å². The molecule has 3 aromatic rings. The van der Waals surface area contributed by atoms with E-state index in [9.17, 15) is 9.59 Å². The van der Waals surface area contributed by atoms with Crippen molar-refractivity contribution < 1.29 is 19.1 Å². The number of nitrogens with zero attached hydrogens (tertiary/aromatic N) is 2. The molecule has 6 heteroatoms. The Labute approximate surface area is 219 Å². The summed E-state index contributed by atoms with van der Waals surface area (Å²) in [4.78, 5) is 28.3. The number of ketones is 1. The molecule has 194 valence electrons. The molecule has 3 aromatic carbocycles. The molecule has 0 atom stereocenters. The number of carbonyl (C=O) groups excluding carboxylic acids is 2. The lowest BCUT2D eigenvalue weighted by Crippen LogP contribution is -2.56. The smallest absolute Gasteiger partial charge is 0.313 e. The Hall–Kier alpha value is -3.32. The first-order chi connectivity index (χ1) is 18.1. The van der Waals surface area contributed by atoms with E-state index in [0.29, 0.717) is 6.61 Å². The van der Waals surface area contributed by atoms with Crippen LogP contribution in [0.4, 0.5) is 0 Å². The molecule has 0 bridgehead atoms. The topological polar surface area (TPSA) is 59.1 Å². The van der Waals surface area contributed by atoms with Crippen LogP contribution in [-0.4, -0.2) is 74.1 Å². The summed E-state index contributed by atoms with van der Waals surface area (Å²) >= 11 is 0. The van der Waals surface area contributed by atoms with Gasteiger partial charge in [-0.2, -0.15) is 0 Å². The predicted octanol–water partition coefficient (Wildman–Crippen LogP) is 4.14. The standard InChI is InChI=1S/C31H36N2O4/c1-2-37-30(35)24-29(34)25-36-23-22-32-18-20-33(21-19-32)31(26-12-6-3-7-13-26,27-14-8-4-9-15-27)28-16-10-5-11-17-28/h3-17H,2,18-25H2,1H3. The molecule has 1 aliphatic rings. The highest BCUT2D eigenvalue weighted by molar-refractivity contribution is 5.96. The molecule has 1 heterocycles. The molecular weight excluding hydrogens is 464 g/mol. The fraction of sp³-hybridized carbons (Fsp3) is 0.355. The summed E-state index contributed by atoms with van der Waals surface area (Å²) in [6, 6.07) is 32.3. The quantitative estimate of drug-likeness (QED) is 0.161. The third kappa shape index (κ3) is 6.52. The zero-order chi connectivity index (χ0) is 25.9. The molecule has 0 aliphatic carbocycles. The minimum Gasteiger partial charge on any atom is -0.466 e. The van der Waals surface area contributed by atoms with Crippen molar-refractivity contribution in [2.45, 2.75) is 18.9 Å². The van der Waals surface area contributed by atoms with E-state index in [2.05, 4.69) is 101 Å². The molecule has 4 rings (SSSR count). The van der Waals surface area contributed by atoms with Crippen LogP contribution < -0.4 is 0 Å². The van der Waals surface area contributed by atoms with E-state index < -0.39 is 11.5 Å². The highest BCUT2D eigenvalue weighted by Crippen LogP contribution is 2.42. The molecule has 0 spiro atoms. The van der Waals surface area contributed by atoms with Crippen LogP contribution in [-0.2, 0) is 24.6 Å². The molecule has 0 N–H and O–H groups in total. The fourth-order valence-corrected chi connectivity index (χ4v) is 5.20. The van der Waals surface area contributed by atoms with Crippen LogP contribution in [0.3, 0.4) is 0 Å². The highest BCUT2D eigenvalue weighted by Gasteiger charge is 2.43. The number of rotatable bonds is 12. The summed E-state index contributed by atoms with van der Waals surface area (Å²) in [5.74, 6) is -0.743. The van der Waals surface area contributed by atoms with Crippen molar-refractivity contribution in [3.63, 3.8) is 0 Å². The van der Waals surface area contributed by atoms with Crippen LogP contribution >= 0.6 is 0 Å². The normalized spacial score (nSPS) is 14.8. The first-order valence-electron chi connectivity index (χ1n) is 13.0. The lowest BCUT2D eigenvalue weighted by molar-refractivity contribution is -0.146. The van der Waals surface area contributed by atoms with Gasteiger partial charge in [-0.25, -0.2) is 0 Å². The minimum atomic E-state index is -0.494. The lowest BCUT2D eigenvalue weighted by atomic mass is 9.75. The Bertz CT molecular complexity index is 1020. The molecule has 0 amide bonds. The monoisotopic (exact) mass is 500 g/mol. The van der Waals surface area contributed by atoms with Crippen molar-refractivity contribution in [2.75, 3.05) is 52.5 Å². The number of Topliss-reactive ketones (excluding diaryl/α,β-unsaturated/α-hetero) is 1. The number of benzene rings is 3. The van der Waals surface area contributed by atoms with Crippen molar-refractivity contribution in [3.05, 3.63) is 108 Å². The third-order valence-corrected chi connectivity index (χ3v) is 6.88. The number of esters is 1. The van der Waals surface area contributed by atoms with Gasteiger partial charge in [0, 0.05) is 32.7 Å². The molecule has 0 radical (unpaired) electrons. The maximum atomic E-state index is 11.9. The molecular formula is C31H36N2O4. The van der Waals surface area contributed by atoms with E-state index in [1.54, 1.807) is 6.92 Å². The molecule has 0 saturated carbocycles. The highest BCUT2D eigenvalue weighted by atomic mass is 16.5. The number of piperazine rings is 1. The van der Waals surface area contributed by atoms with Crippen LogP contribution in [0.2, 0.25) is 0 Å². The second-order valence-corrected chi connectivity index (χ2v) is 9.21. The SMILES string of the molecule is CCOC(=O)CC(=O)COCCN1CCN(C(c2ccccc2)(c2ccccc2)c2ccccc2)CC1. The summed E-state index contributed by atoms with van der Waals surface area (Å²) in [6.07, 6.45) is -0.229. The van der Waals surface area contributed by atoms with Crippen molar-refractivity contribution in [3.8, 4) is 0 Å². The van der Waals surface area contributed by atoms with Gasteiger partial charge in [0.1, 0.15) is 13.0 Å². The number of ether oxygens (including phenoxy) is 2. The van der Waals surface area contributed by atoms with E-state index >= 15 is 0 Å². The van der Waals surface area contributed by atoms with E-state index in [-0.39, 0.29) is 25.4 Å². The van der Waals surface area contributed by atoms with Crippen molar-refractivity contribution in [2.24, 2.45) is 0 Å². The zero-order valence-electron chi connectivity index (χ0n) is 21.6. The summed E-state index contributed by atoms with van der Waals surface area (Å²) in [6.45, 7) is 6.72. The zero-order valence-corrected chi connectivity index (χ0v) is 21.6. The fourth-order valence-electron chi connectivity index (χ4n) is 5.20. The Balaban J connectivity index is 1.45. The van der Waals surface area contributed by atoms with E-state index in [4.69, 9.17) is 9.47 Å². The lowest BCUT2D eigenvalue weighted by Gasteiger charge is -2.49. The number of hydrogen-bond donors (Lipinski definition) is 0. The first-order valence-corrected chi connectivity index (χ1v) is 13.0. The second kappa shape index (κ2) is 13.3. The van der Waals surface area contributed by atoms with Gasteiger partial charge in [-0.3, -0.25) is 19.4 Å². The van der Waals surface area contributed by atoms with Crippen LogP contribution in [0, 0.1) is 0 Å². The third-order valence-electron chi connectivity index (χ3n) is 6.88. The summed E-state index contributed by atoms with van der Waals surface area (Å²) in [5.41, 5.74) is 3.36. The van der Waals surface area contributed by atoms with Gasteiger partial charge in [-0.1, -0.05) is 91.0 Å². The molecule has 1 saturated heterocycles. The van der Waals surface area contributed by atoms with E-state index in [1.807, 2.05) is 0 Å². The van der Waals surface area contributed by atoms with E-state index in [1.165, 1.54) is 16.7 Å².